The van der Waals surface area contributed by atoms with E-state index in [1.807, 2.05) is 62.4 Å². The van der Waals surface area contributed by atoms with Gasteiger partial charge in [0.15, 0.2) is 0 Å². The van der Waals surface area contributed by atoms with Gasteiger partial charge in [0.25, 0.3) is 0 Å². The molecule has 0 fully saturated rings. The zero-order valence-electron chi connectivity index (χ0n) is 17.5. The van der Waals surface area contributed by atoms with E-state index >= 15 is 0 Å². The van der Waals surface area contributed by atoms with Gasteiger partial charge in [-0.15, -0.1) is 0 Å². The number of amides is 2. The standard InChI is InChI=1S/C25H27N3O2/c1-3-25(30)28(18-22-6-4-19(2)5-7-22)23-10-8-20(9-11-23)16-24(29)27-17-21-12-14-26-15-13-21/h4-15H,3,16-18H2,1-2H3,(H,27,29). The number of aromatic nitrogens is 1. The van der Waals surface area contributed by atoms with Crippen LogP contribution in [0.4, 0.5) is 5.69 Å². The van der Waals surface area contributed by atoms with Crippen molar-refractivity contribution in [2.75, 3.05) is 4.90 Å². The van der Waals surface area contributed by atoms with Crippen LogP contribution >= 0.6 is 0 Å². The van der Waals surface area contributed by atoms with E-state index < -0.39 is 0 Å². The van der Waals surface area contributed by atoms with Crippen molar-refractivity contribution in [3.63, 3.8) is 0 Å². The molecule has 0 saturated heterocycles. The Balaban J connectivity index is 1.63. The van der Waals surface area contributed by atoms with E-state index in [0.29, 0.717) is 25.9 Å². The van der Waals surface area contributed by atoms with Crippen molar-refractivity contribution >= 4 is 17.5 Å². The van der Waals surface area contributed by atoms with Crippen molar-refractivity contribution in [1.29, 1.82) is 0 Å². The summed E-state index contributed by atoms with van der Waals surface area (Å²) in [6.07, 6.45) is 4.15. The quantitative estimate of drug-likeness (QED) is 0.616. The molecular weight excluding hydrogens is 374 g/mol. The van der Waals surface area contributed by atoms with Crippen molar-refractivity contribution in [3.05, 3.63) is 95.3 Å². The molecule has 30 heavy (non-hydrogen) atoms. The minimum atomic E-state index is -0.0410. The van der Waals surface area contributed by atoms with E-state index in [9.17, 15) is 9.59 Å². The first-order chi connectivity index (χ1) is 14.5. The summed E-state index contributed by atoms with van der Waals surface area (Å²) in [6.45, 7) is 4.92. The molecule has 2 aromatic carbocycles. The number of carbonyl (C=O) groups is 2. The van der Waals surface area contributed by atoms with Crippen LogP contribution < -0.4 is 10.2 Å². The second kappa shape index (κ2) is 10.3. The Labute approximate surface area is 177 Å². The first kappa shape index (κ1) is 21.2. The van der Waals surface area contributed by atoms with Gasteiger partial charge >= 0.3 is 0 Å². The van der Waals surface area contributed by atoms with Gasteiger partial charge in [-0.05, 0) is 47.9 Å². The van der Waals surface area contributed by atoms with Crippen LogP contribution in [0, 0.1) is 6.92 Å². The summed E-state index contributed by atoms with van der Waals surface area (Å²) in [4.78, 5) is 30.5. The minimum Gasteiger partial charge on any atom is -0.352 e. The molecule has 1 heterocycles. The van der Waals surface area contributed by atoms with Gasteiger partial charge in [0.2, 0.25) is 11.8 Å². The molecular formula is C25H27N3O2. The van der Waals surface area contributed by atoms with Crippen LogP contribution in [0.3, 0.4) is 0 Å². The summed E-state index contributed by atoms with van der Waals surface area (Å²) in [5, 5.41) is 2.92. The maximum absolute atomic E-state index is 12.5. The molecule has 0 aliphatic carbocycles. The number of nitrogens with one attached hydrogen (secondary N) is 1. The van der Waals surface area contributed by atoms with Crippen LogP contribution in [0.15, 0.2) is 73.1 Å². The lowest BCUT2D eigenvalue weighted by Crippen LogP contribution is -2.29. The topological polar surface area (TPSA) is 62.3 Å². The van der Waals surface area contributed by atoms with Gasteiger partial charge in [0.05, 0.1) is 13.0 Å². The third-order valence-corrected chi connectivity index (χ3v) is 4.92. The molecule has 5 heteroatoms. The predicted molar refractivity (Wildman–Crippen MR) is 119 cm³/mol. The summed E-state index contributed by atoms with van der Waals surface area (Å²) in [5.74, 6) is 0.0270. The molecule has 1 N–H and O–H groups in total. The summed E-state index contributed by atoms with van der Waals surface area (Å²) in [6, 6.07) is 19.6. The van der Waals surface area contributed by atoms with E-state index in [1.54, 1.807) is 17.3 Å². The first-order valence-corrected chi connectivity index (χ1v) is 10.2. The van der Waals surface area contributed by atoms with Crippen LogP contribution in [0.2, 0.25) is 0 Å². The number of hydrogen-bond donors (Lipinski definition) is 1. The number of nitrogens with zero attached hydrogens (tertiary/aromatic N) is 2. The van der Waals surface area contributed by atoms with Gasteiger partial charge in [0.1, 0.15) is 0 Å². The molecule has 0 aliphatic rings. The Bertz CT molecular complexity index is 968. The van der Waals surface area contributed by atoms with Gasteiger partial charge in [-0.2, -0.15) is 0 Å². The fourth-order valence-corrected chi connectivity index (χ4v) is 3.13. The lowest BCUT2D eigenvalue weighted by atomic mass is 10.1. The maximum atomic E-state index is 12.5. The van der Waals surface area contributed by atoms with Crippen molar-refractivity contribution < 1.29 is 9.59 Å². The Kier molecular flexibility index (Phi) is 7.33. The Morgan fingerprint density at radius 1 is 0.867 bits per heavy atom. The Morgan fingerprint density at radius 2 is 1.50 bits per heavy atom. The maximum Gasteiger partial charge on any atom is 0.227 e. The molecule has 0 atom stereocenters. The van der Waals surface area contributed by atoms with E-state index in [0.717, 1.165) is 22.4 Å². The van der Waals surface area contributed by atoms with Crippen LogP contribution in [0.25, 0.3) is 0 Å². The largest absolute Gasteiger partial charge is 0.352 e. The molecule has 5 nitrogen and oxygen atoms in total. The van der Waals surface area contributed by atoms with Crippen LogP contribution in [0.1, 0.15) is 35.6 Å². The van der Waals surface area contributed by atoms with Crippen LogP contribution in [-0.4, -0.2) is 16.8 Å². The normalized spacial score (nSPS) is 10.5. The van der Waals surface area contributed by atoms with Crippen molar-refractivity contribution in [2.24, 2.45) is 0 Å². The summed E-state index contributed by atoms with van der Waals surface area (Å²) in [7, 11) is 0. The zero-order valence-corrected chi connectivity index (χ0v) is 17.5. The fraction of sp³-hybridized carbons (Fsp3) is 0.240. The molecule has 0 radical (unpaired) electrons. The molecule has 0 spiro atoms. The summed E-state index contributed by atoms with van der Waals surface area (Å²) in [5.41, 5.74) is 5.03. The van der Waals surface area contributed by atoms with Gasteiger partial charge in [-0.1, -0.05) is 48.9 Å². The highest BCUT2D eigenvalue weighted by Gasteiger charge is 2.15. The van der Waals surface area contributed by atoms with Gasteiger partial charge < -0.3 is 10.2 Å². The smallest absolute Gasteiger partial charge is 0.227 e. The highest BCUT2D eigenvalue weighted by Crippen LogP contribution is 2.20. The van der Waals surface area contributed by atoms with Gasteiger partial charge in [-0.3, -0.25) is 14.6 Å². The van der Waals surface area contributed by atoms with Gasteiger partial charge in [-0.25, -0.2) is 0 Å². The molecule has 0 saturated carbocycles. The number of carbonyl (C=O) groups excluding carboxylic acids is 2. The highest BCUT2D eigenvalue weighted by atomic mass is 16.2. The van der Waals surface area contributed by atoms with Crippen molar-refractivity contribution in [3.8, 4) is 0 Å². The SMILES string of the molecule is CCC(=O)N(Cc1ccc(C)cc1)c1ccc(CC(=O)NCc2ccncc2)cc1. The minimum absolute atomic E-state index is 0.0410. The fourth-order valence-electron chi connectivity index (χ4n) is 3.13. The van der Waals surface area contributed by atoms with Gasteiger partial charge in [0, 0.05) is 31.0 Å². The third kappa shape index (κ3) is 6.01. The van der Waals surface area contributed by atoms with Crippen LogP contribution in [-0.2, 0) is 29.1 Å². The van der Waals surface area contributed by atoms with Crippen LogP contribution in [0.5, 0.6) is 0 Å². The average Bonchev–Trinajstić information content (AvgIpc) is 2.78. The van der Waals surface area contributed by atoms with E-state index in [2.05, 4.69) is 22.4 Å². The second-order valence-corrected chi connectivity index (χ2v) is 7.29. The van der Waals surface area contributed by atoms with Crippen molar-refractivity contribution in [2.45, 2.75) is 39.8 Å². The average molecular weight is 402 g/mol. The number of pyridine rings is 1. The number of benzene rings is 2. The molecule has 0 aliphatic heterocycles. The Hall–Kier alpha value is -3.47. The van der Waals surface area contributed by atoms with E-state index in [4.69, 9.17) is 0 Å². The van der Waals surface area contributed by atoms with E-state index in [1.165, 1.54) is 5.56 Å². The zero-order chi connectivity index (χ0) is 21.3. The predicted octanol–water partition coefficient (Wildman–Crippen LogP) is 4.19. The number of rotatable bonds is 8. The molecule has 1 aromatic heterocycles. The molecule has 0 bridgehead atoms. The molecule has 2 amide bonds. The number of aryl methyl sites for hydroxylation is 1. The molecule has 154 valence electrons. The lowest BCUT2D eigenvalue weighted by molar-refractivity contribution is -0.120. The highest BCUT2D eigenvalue weighted by molar-refractivity contribution is 5.93. The summed E-state index contributed by atoms with van der Waals surface area (Å²) < 4.78 is 0. The Morgan fingerprint density at radius 3 is 2.13 bits per heavy atom. The monoisotopic (exact) mass is 401 g/mol. The number of hydrogen-bond acceptors (Lipinski definition) is 3. The lowest BCUT2D eigenvalue weighted by Gasteiger charge is -2.23. The van der Waals surface area contributed by atoms with E-state index in [-0.39, 0.29) is 11.8 Å². The summed E-state index contributed by atoms with van der Waals surface area (Å²) >= 11 is 0. The molecule has 3 aromatic rings. The number of anilines is 1. The molecule has 3 rings (SSSR count). The first-order valence-electron chi connectivity index (χ1n) is 10.2. The molecule has 0 unspecified atom stereocenters. The second-order valence-electron chi connectivity index (χ2n) is 7.29. The third-order valence-electron chi connectivity index (χ3n) is 4.92. The van der Waals surface area contributed by atoms with Crippen molar-refractivity contribution in [1.82, 2.24) is 10.3 Å².